The molecule has 21 heavy (non-hydrogen) atoms. The summed E-state index contributed by atoms with van der Waals surface area (Å²) in [5, 5.41) is 14.4. The lowest BCUT2D eigenvalue weighted by atomic mass is 9.86. The SMILES string of the molecule is CC(C)(C)c1ccc(NCc2ccccc2)c([N+](=O)[O-])c1. The van der Waals surface area contributed by atoms with Gasteiger partial charge < -0.3 is 5.32 Å². The van der Waals surface area contributed by atoms with Crippen LogP contribution in [0.25, 0.3) is 0 Å². The summed E-state index contributed by atoms with van der Waals surface area (Å²) in [6.07, 6.45) is 0. The lowest BCUT2D eigenvalue weighted by molar-refractivity contribution is -0.384. The van der Waals surface area contributed by atoms with Crippen LogP contribution < -0.4 is 5.32 Å². The van der Waals surface area contributed by atoms with Gasteiger partial charge >= 0.3 is 0 Å². The Kier molecular flexibility index (Phi) is 4.26. The van der Waals surface area contributed by atoms with E-state index in [1.165, 1.54) is 0 Å². The fraction of sp³-hybridized carbons (Fsp3) is 0.294. The smallest absolute Gasteiger partial charge is 0.292 e. The highest BCUT2D eigenvalue weighted by Crippen LogP contribution is 2.31. The van der Waals surface area contributed by atoms with Gasteiger partial charge in [0.2, 0.25) is 0 Å². The average Bonchev–Trinajstić information content (AvgIpc) is 2.45. The van der Waals surface area contributed by atoms with Crippen LogP contribution in [0.5, 0.6) is 0 Å². The molecule has 4 heteroatoms. The first-order valence-corrected chi connectivity index (χ1v) is 6.94. The molecule has 110 valence electrons. The van der Waals surface area contributed by atoms with Gasteiger partial charge in [-0.3, -0.25) is 10.1 Å². The van der Waals surface area contributed by atoms with Gasteiger partial charge in [-0.05, 0) is 22.6 Å². The van der Waals surface area contributed by atoms with Crippen molar-refractivity contribution in [1.82, 2.24) is 0 Å². The highest BCUT2D eigenvalue weighted by Gasteiger charge is 2.20. The zero-order valence-electron chi connectivity index (χ0n) is 12.6. The van der Waals surface area contributed by atoms with E-state index in [1.54, 1.807) is 12.1 Å². The summed E-state index contributed by atoms with van der Waals surface area (Å²) in [4.78, 5) is 10.9. The molecule has 0 aliphatic carbocycles. The summed E-state index contributed by atoms with van der Waals surface area (Å²) in [5.74, 6) is 0. The Morgan fingerprint density at radius 3 is 2.33 bits per heavy atom. The molecule has 0 saturated heterocycles. The average molecular weight is 284 g/mol. The molecule has 0 radical (unpaired) electrons. The van der Waals surface area contributed by atoms with Gasteiger partial charge in [0.15, 0.2) is 0 Å². The molecule has 2 rings (SSSR count). The summed E-state index contributed by atoms with van der Waals surface area (Å²) in [6, 6.07) is 15.2. The highest BCUT2D eigenvalue weighted by molar-refractivity contribution is 5.63. The van der Waals surface area contributed by atoms with Crippen LogP contribution in [0.2, 0.25) is 0 Å². The number of nitrogens with zero attached hydrogens (tertiary/aromatic N) is 1. The number of nitro benzene ring substituents is 1. The van der Waals surface area contributed by atoms with Gasteiger partial charge in [-0.2, -0.15) is 0 Å². The van der Waals surface area contributed by atoms with Crippen molar-refractivity contribution in [2.75, 3.05) is 5.32 Å². The maximum absolute atomic E-state index is 11.3. The molecule has 0 amide bonds. The molecule has 0 unspecified atom stereocenters. The third kappa shape index (κ3) is 3.81. The van der Waals surface area contributed by atoms with E-state index in [4.69, 9.17) is 0 Å². The summed E-state index contributed by atoms with van der Waals surface area (Å²) in [5.41, 5.74) is 2.62. The van der Waals surface area contributed by atoms with E-state index in [2.05, 4.69) is 5.32 Å². The number of hydrogen-bond donors (Lipinski definition) is 1. The van der Waals surface area contributed by atoms with Crippen LogP contribution in [0.4, 0.5) is 11.4 Å². The Morgan fingerprint density at radius 1 is 1.10 bits per heavy atom. The van der Waals surface area contributed by atoms with Crippen molar-refractivity contribution in [3.63, 3.8) is 0 Å². The number of anilines is 1. The van der Waals surface area contributed by atoms with E-state index in [9.17, 15) is 10.1 Å². The summed E-state index contributed by atoms with van der Waals surface area (Å²) in [7, 11) is 0. The van der Waals surface area contributed by atoms with Crippen molar-refractivity contribution < 1.29 is 4.92 Å². The Hall–Kier alpha value is -2.36. The van der Waals surface area contributed by atoms with Gasteiger partial charge in [0.25, 0.3) is 5.69 Å². The molecule has 0 spiro atoms. The zero-order chi connectivity index (χ0) is 15.5. The molecule has 0 heterocycles. The summed E-state index contributed by atoms with van der Waals surface area (Å²) < 4.78 is 0. The van der Waals surface area contributed by atoms with Crippen LogP contribution in [0.3, 0.4) is 0 Å². The molecular weight excluding hydrogens is 264 g/mol. The topological polar surface area (TPSA) is 55.2 Å². The third-order valence-electron chi connectivity index (χ3n) is 3.39. The van der Waals surface area contributed by atoms with Gasteiger partial charge in [-0.15, -0.1) is 0 Å². The monoisotopic (exact) mass is 284 g/mol. The first-order valence-electron chi connectivity index (χ1n) is 6.94. The first kappa shape index (κ1) is 15.0. The van der Waals surface area contributed by atoms with Crippen LogP contribution >= 0.6 is 0 Å². The van der Waals surface area contributed by atoms with Crippen molar-refractivity contribution in [2.45, 2.75) is 32.7 Å². The van der Waals surface area contributed by atoms with Crippen LogP contribution in [0.1, 0.15) is 31.9 Å². The zero-order valence-corrected chi connectivity index (χ0v) is 12.6. The predicted octanol–water partition coefficient (Wildman–Crippen LogP) is 4.50. The molecule has 0 saturated carbocycles. The van der Waals surface area contributed by atoms with E-state index in [1.807, 2.05) is 57.2 Å². The van der Waals surface area contributed by atoms with Crippen LogP contribution in [-0.2, 0) is 12.0 Å². The van der Waals surface area contributed by atoms with Crippen LogP contribution in [-0.4, -0.2) is 4.92 Å². The minimum atomic E-state index is -0.331. The van der Waals surface area contributed by atoms with Crippen molar-refractivity contribution in [3.05, 3.63) is 69.8 Å². The standard InChI is InChI=1S/C17H20N2O2/c1-17(2,3)14-9-10-15(16(11-14)19(20)21)18-12-13-7-5-4-6-8-13/h4-11,18H,12H2,1-3H3. The quantitative estimate of drug-likeness (QED) is 0.664. The van der Waals surface area contributed by atoms with Gasteiger partial charge in [-0.25, -0.2) is 0 Å². The normalized spacial score (nSPS) is 11.2. The van der Waals surface area contributed by atoms with E-state index >= 15 is 0 Å². The van der Waals surface area contributed by atoms with Gasteiger partial charge in [0.1, 0.15) is 5.69 Å². The van der Waals surface area contributed by atoms with E-state index in [0.717, 1.165) is 11.1 Å². The van der Waals surface area contributed by atoms with Crippen molar-refractivity contribution in [3.8, 4) is 0 Å². The molecular formula is C17H20N2O2. The maximum Gasteiger partial charge on any atom is 0.292 e. The minimum Gasteiger partial charge on any atom is -0.375 e. The van der Waals surface area contributed by atoms with Crippen LogP contribution in [0, 0.1) is 10.1 Å². The molecule has 0 aliphatic heterocycles. The van der Waals surface area contributed by atoms with Gasteiger partial charge in [0, 0.05) is 12.6 Å². The molecule has 0 fully saturated rings. The highest BCUT2D eigenvalue weighted by atomic mass is 16.6. The summed E-state index contributed by atoms with van der Waals surface area (Å²) in [6.45, 7) is 6.70. The lowest BCUT2D eigenvalue weighted by Crippen LogP contribution is -2.12. The Bertz CT molecular complexity index is 631. The first-order chi connectivity index (χ1) is 9.88. The Balaban J connectivity index is 2.25. The number of hydrogen-bond acceptors (Lipinski definition) is 3. The lowest BCUT2D eigenvalue weighted by Gasteiger charge is -2.19. The molecule has 0 aliphatic rings. The summed E-state index contributed by atoms with van der Waals surface area (Å²) >= 11 is 0. The Morgan fingerprint density at radius 2 is 1.76 bits per heavy atom. The molecule has 2 aromatic rings. The number of nitro groups is 1. The van der Waals surface area contributed by atoms with Crippen molar-refractivity contribution in [2.24, 2.45) is 0 Å². The molecule has 0 bridgehead atoms. The molecule has 4 nitrogen and oxygen atoms in total. The van der Waals surface area contributed by atoms with E-state index in [-0.39, 0.29) is 16.0 Å². The molecule has 0 atom stereocenters. The van der Waals surface area contributed by atoms with Crippen molar-refractivity contribution >= 4 is 11.4 Å². The van der Waals surface area contributed by atoms with Gasteiger partial charge in [-0.1, -0.05) is 57.2 Å². The Labute approximate surface area is 125 Å². The second-order valence-electron chi connectivity index (χ2n) is 6.08. The largest absolute Gasteiger partial charge is 0.375 e. The second kappa shape index (κ2) is 5.95. The number of rotatable bonds is 4. The van der Waals surface area contributed by atoms with E-state index in [0.29, 0.717) is 12.2 Å². The second-order valence-corrected chi connectivity index (χ2v) is 6.08. The predicted molar refractivity (Wildman–Crippen MR) is 85.6 cm³/mol. The van der Waals surface area contributed by atoms with Gasteiger partial charge in [0.05, 0.1) is 4.92 Å². The van der Waals surface area contributed by atoms with Crippen molar-refractivity contribution in [1.29, 1.82) is 0 Å². The van der Waals surface area contributed by atoms with E-state index < -0.39 is 0 Å². The third-order valence-corrected chi connectivity index (χ3v) is 3.39. The fourth-order valence-electron chi connectivity index (χ4n) is 2.09. The number of nitrogens with one attached hydrogen (secondary N) is 1. The fourth-order valence-corrected chi connectivity index (χ4v) is 2.09. The minimum absolute atomic E-state index is 0.108. The molecule has 1 N–H and O–H groups in total. The molecule has 2 aromatic carbocycles. The maximum atomic E-state index is 11.3. The van der Waals surface area contributed by atoms with Crippen LogP contribution in [0.15, 0.2) is 48.5 Å². The number of benzene rings is 2. The molecule has 0 aromatic heterocycles.